The van der Waals surface area contributed by atoms with Crippen molar-refractivity contribution in [3.05, 3.63) is 54.1 Å². The van der Waals surface area contributed by atoms with Crippen LogP contribution in [0.15, 0.2) is 53.4 Å². The van der Waals surface area contributed by atoms with Gasteiger partial charge in [-0.1, -0.05) is 38.1 Å². The van der Waals surface area contributed by atoms with E-state index in [2.05, 4.69) is 5.32 Å². The van der Waals surface area contributed by atoms with E-state index in [1.807, 2.05) is 29.2 Å². The molecule has 29 heavy (non-hydrogen) atoms. The number of rotatable bonds is 7. The SMILES string of the molecule is CCN(CC)S(=O)(=O)c1cccc(NC(=O)CN2CCOc3ccccc3C2)c1. The predicted molar refractivity (Wildman–Crippen MR) is 112 cm³/mol. The molecule has 0 atom stereocenters. The molecule has 0 radical (unpaired) electrons. The minimum atomic E-state index is -3.57. The van der Waals surface area contributed by atoms with Crippen LogP contribution in [0.2, 0.25) is 0 Å². The fraction of sp³-hybridized carbons (Fsp3) is 0.381. The van der Waals surface area contributed by atoms with Crippen LogP contribution in [-0.4, -0.2) is 56.3 Å². The Bertz CT molecular complexity index is 958. The highest BCUT2D eigenvalue weighted by Gasteiger charge is 2.22. The average Bonchev–Trinajstić information content (AvgIpc) is 2.90. The molecule has 2 aromatic rings. The van der Waals surface area contributed by atoms with E-state index in [9.17, 15) is 13.2 Å². The first-order chi connectivity index (χ1) is 13.9. The standard InChI is InChI=1S/C21H27N3O4S/c1-3-24(4-2)29(26,27)19-10-7-9-18(14-19)22-21(25)16-23-12-13-28-20-11-6-5-8-17(20)15-23/h5-11,14H,3-4,12-13,15-16H2,1-2H3,(H,22,25). The summed E-state index contributed by atoms with van der Waals surface area (Å²) in [5, 5.41) is 2.82. The van der Waals surface area contributed by atoms with E-state index >= 15 is 0 Å². The molecule has 0 aromatic heterocycles. The first kappa shape index (κ1) is 21.3. The molecule has 0 saturated carbocycles. The second kappa shape index (κ2) is 9.39. The molecule has 156 valence electrons. The number of anilines is 1. The smallest absolute Gasteiger partial charge is 0.243 e. The highest BCUT2D eigenvalue weighted by molar-refractivity contribution is 7.89. The molecule has 0 aliphatic carbocycles. The topological polar surface area (TPSA) is 79.0 Å². The number of fused-ring (bicyclic) bond motifs is 1. The molecule has 1 aliphatic rings. The van der Waals surface area contributed by atoms with Gasteiger partial charge in [0, 0.05) is 37.4 Å². The van der Waals surface area contributed by atoms with Crippen molar-refractivity contribution in [3.8, 4) is 5.75 Å². The minimum Gasteiger partial charge on any atom is -0.492 e. The zero-order chi connectivity index (χ0) is 20.9. The van der Waals surface area contributed by atoms with E-state index in [1.54, 1.807) is 32.0 Å². The first-order valence-corrected chi connectivity index (χ1v) is 11.2. The highest BCUT2D eigenvalue weighted by atomic mass is 32.2. The summed E-state index contributed by atoms with van der Waals surface area (Å²) in [6.07, 6.45) is 0. The van der Waals surface area contributed by atoms with Gasteiger partial charge in [0.1, 0.15) is 12.4 Å². The fourth-order valence-electron chi connectivity index (χ4n) is 3.37. The predicted octanol–water partition coefficient (Wildman–Crippen LogP) is 2.55. The molecule has 7 nitrogen and oxygen atoms in total. The van der Waals surface area contributed by atoms with Gasteiger partial charge in [-0.05, 0) is 24.3 Å². The van der Waals surface area contributed by atoms with Crippen molar-refractivity contribution in [2.45, 2.75) is 25.3 Å². The highest BCUT2D eigenvalue weighted by Crippen LogP contribution is 2.23. The van der Waals surface area contributed by atoms with Gasteiger partial charge in [-0.2, -0.15) is 4.31 Å². The summed E-state index contributed by atoms with van der Waals surface area (Å²) in [6, 6.07) is 14.2. The molecule has 1 amide bonds. The zero-order valence-electron chi connectivity index (χ0n) is 16.8. The summed E-state index contributed by atoms with van der Waals surface area (Å²) in [7, 11) is -3.57. The largest absolute Gasteiger partial charge is 0.492 e. The van der Waals surface area contributed by atoms with E-state index in [4.69, 9.17) is 4.74 Å². The van der Waals surface area contributed by atoms with Crippen LogP contribution in [0.1, 0.15) is 19.4 Å². The van der Waals surface area contributed by atoms with Crippen molar-refractivity contribution in [2.75, 3.05) is 38.1 Å². The van der Waals surface area contributed by atoms with Crippen molar-refractivity contribution >= 4 is 21.6 Å². The van der Waals surface area contributed by atoms with Gasteiger partial charge < -0.3 is 10.1 Å². The molecule has 8 heteroatoms. The van der Waals surface area contributed by atoms with Crippen molar-refractivity contribution in [2.24, 2.45) is 0 Å². The Balaban J connectivity index is 1.67. The summed E-state index contributed by atoms with van der Waals surface area (Å²) < 4.78 is 32.5. The second-order valence-corrected chi connectivity index (χ2v) is 8.77. The van der Waals surface area contributed by atoms with Crippen molar-refractivity contribution in [1.29, 1.82) is 0 Å². The van der Waals surface area contributed by atoms with Crippen LogP contribution in [0.25, 0.3) is 0 Å². The number of hydrogen-bond donors (Lipinski definition) is 1. The summed E-state index contributed by atoms with van der Waals surface area (Å²) in [4.78, 5) is 14.7. The lowest BCUT2D eigenvalue weighted by Gasteiger charge is -2.20. The number of amides is 1. The average molecular weight is 418 g/mol. The van der Waals surface area contributed by atoms with Gasteiger partial charge in [0.2, 0.25) is 15.9 Å². The molecule has 1 N–H and O–H groups in total. The third kappa shape index (κ3) is 5.14. The van der Waals surface area contributed by atoms with Gasteiger partial charge >= 0.3 is 0 Å². The second-order valence-electron chi connectivity index (χ2n) is 6.83. The summed E-state index contributed by atoms with van der Waals surface area (Å²) in [5.41, 5.74) is 1.51. The zero-order valence-corrected chi connectivity index (χ0v) is 17.6. The molecular formula is C21H27N3O4S. The number of nitrogens with zero attached hydrogens (tertiary/aromatic N) is 2. The molecule has 1 heterocycles. The number of sulfonamides is 1. The van der Waals surface area contributed by atoms with Gasteiger partial charge in [-0.15, -0.1) is 0 Å². The monoisotopic (exact) mass is 417 g/mol. The lowest BCUT2D eigenvalue weighted by Crippen LogP contribution is -2.34. The fourth-order valence-corrected chi connectivity index (χ4v) is 4.87. The molecule has 0 saturated heterocycles. The van der Waals surface area contributed by atoms with Crippen molar-refractivity contribution < 1.29 is 17.9 Å². The number of nitrogens with one attached hydrogen (secondary N) is 1. The van der Waals surface area contributed by atoms with Crippen LogP contribution in [0.3, 0.4) is 0 Å². The summed E-state index contributed by atoms with van der Waals surface area (Å²) in [5.74, 6) is 0.659. The van der Waals surface area contributed by atoms with Gasteiger partial charge in [-0.25, -0.2) is 8.42 Å². The van der Waals surface area contributed by atoms with E-state index < -0.39 is 10.0 Å². The number of carbonyl (C=O) groups is 1. The molecule has 0 spiro atoms. The lowest BCUT2D eigenvalue weighted by atomic mass is 10.2. The summed E-state index contributed by atoms with van der Waals surface area (Å²) in [6.45, 7) is 6.37. The Morgan fingerprint density at radius 1 is 1.14 bits per heavy atom. The molecule has 3 rings (SSSR count). The Morgan fingerprint density at radius 3 is 2.66 bits per heavy atom. The Kier molecular flexibility index (Phi) is 6.89. The van der Waals surface area contributed by atoms with Crippen LogP contribution in [0.5, 0.6) is 5.75 Å². The molecule has 0 unspecified atom stereocenters. The quantitative estimate of drug-likeness (QED) is 0.749. The van der Waals surface area contributed by atoms with Crippen molar-refractivity contribution in [1.82, 2.24) is 9.21 Å². The number of para-hydroxylation sites is 1. The molecular weight excluding hydrogens is 390 g/mol. The minimum absolute atomic E-state index is 0.177. The van der Waals surface area contributed by atoms with E-state index in [0.717, 1.165) is 11.3 Å². The normalized spacial score (nSPS) is 14.7. The number of hydrogen-bond acceptors (Lipinski definition) is 5. The van der Waals surface area contributed by atoms with Crippen LogP contribution >= 0.6 is 0 Å². The maximum atomic E-state index is 12.7. The molecule has 1 aliphatic heterocycles. The van der Waals surface area contributed by atoms with Crippen molar-refractivity contribution in [3.63, 3.8) is 0 Å². The Morgan fingerprint density at radius 2 is 1.90 bits per heavy atom. The van der Waals surface area contributed by atoms with E-state index in [0.29, 0.717) is 38.5 Å². The number of ether oxygens (including phenoxy) is 1. The molecule has 0 bridgehead atoms. The third-order valence-corrected chi connectivity index (χ3v) is 6.91. The van der Waals surface area contributed by atoms with Gasteiger partial charge in [-0.3, -0.25) is 9.69 Å². The lowest BCUT2D eigenvalue weighted by molar-refractivity contribution is -0.117. The Hall–Kier alpha value is -2.42. The molecule has 2 aromatic carbocycles. The molecule has 0 fully saturated rings. The first-order valence-electron chi connectivity index (χ1n) is 9.77. The van der Waals surface area contributed by atoms with Gasteiger partial charge in [0.05, 0.1) is 11.4 Å². The van der Waals surface area contributed by atoms with Gasteiger partial charge in [0.15, 0.2) is 0 Å². The van der Waals surface area contributed by atoms with Crippen LogP contribution in [0, 0.1) is 0 Å². The van der Waals surface area contributed by atoms with Gasteiger partial charge in [0.25, 0.3) is 0 Å². The summed E-state index contributed by atoms with van der Waals surface area (Å²) >= 11 is 0. The maximum Gasteiger partial charge on any atom is 0.243 e. The van der Waals surface area contributed by atoms with Crippen LogP contribution in [0.4, 0.5) is 5.69 Å². The van der Waals surface area contributed by atoms with E-state index in [1.165, 1.54) is 10.4 Å². The van der Waals surface area contributed by atoms with E-state index in [-0.39, 0.29) is 17.3 Å². The van der Waals surface area contributed by atoms with Crippen LogP contribution in [-0.2, 0) is 21.4 Å². The van der Waals surface area contributed by atoms with Crippen LogP contribution < -0.4 is 10.1 Å². The number of benzene rings is 2. The number of carbonyl (C=O) groups excluding carboxylic acids is 1. The maximum absolute atomic E-state index is 12.7. The third-order valence-electron chi connectivity index (χ3n) is 4.86. The Labute approximate surface area is 172 Å².